The van der Waals surface area contributed by atoms with Crippen molar-refractivity contribution in [2.45, 2.75) is 63.6 Å². The highest BCUT2D eigenvalue weighted by atomic mass is 16.7. The molecule has 2 aliphatic rings. The summed E-state index contributed by atoms with van der Waals surface area (Å²) in [7, 11) is 1.62. The van der Waals surface area contributed by atoms with Crippen LogP contribution in [-0.4, -0.2) is 43.5 Å². The summed E-state index contributed by atoms with van der Waals surface area (Å²) in [4.78, 5) is 2.55. The molecule has 0 aromatic heterocycles. The van der Waals surface area contributed by atoms with Crippen LogP contribution in [0.1, 0.15) is 44.1 Å². The predicted octanol–water partition coefficient (Wildman–Crippen LogP) is 3.66. The molecule has 0 radical (unpaired) electrons. The zero-order chi connectivity index (χ0) is 17.6. The molecule has 0 N–H and O–H groups in total. The molecule has 3 rings (SSSR count). The average molecular weight is 344 g/mol. The van der Waals surface area contributed by atoms with E-state index in [1.165, 1.54) is 19.3 Å². The molecular weight excluding hydrogens is 316 g/mol. The lowest BCUT2D eigenvalue weighted by Gasteiger charge is -2.48. The summed E-state index contributed by atoms with van der Waals surface area (Å²) < 4.78 is 17.1. The molecule has 1 unspecified atom stereocenters. The van der Waals surface area contributed by atoms with E-state index in [-0.39, 0.29) is 12.9 Å². The Balaban J connectivity index is 1.67. The maximum atomic E-state index is 8.91. The zero-order valence-electron chi connectivity index (χ0n) is 15.2. The van der Waals surface area contributed by atoms with E-state index in [4.69, 9.17) is 19.5 Å². The third-order valence-corrected chi connectivity index (χ3v) is 5.29. The van der Waals surface area contributed by atoms with Crippen LogP contribution < -0.4 is 9.47 Å². The second-order valence-corrected chi connectivity index (χ2v) is 7.10. The Bertz CT molecular complexity index is 599. The number of benzene rings is 1. The molecule has 2 heterocycles. The molecule has 1 aromatic carbocycles. The first kappa shape index (κ1) is 18.0. The SMILES string of the molecule is COCOc1cc(C)ccc1OC1C[C@H]2CCC[C@@H](C1)N2CCC#N. The molecule has 2 bridgehead atoms. The molecule has 136 valence electrons. The van der Waals surface area contributed by atoms with Gasteiger partial charge in [0.05, 0.1) is 6.07 Å². The highest BCUT2D eigenvalue weighted by Gasteiger charge is 2.38. The van der Waals surface area contributed by atoms with E-state index >= 15 is 0 Å². The molecule has 3 atom stereocenters. The molecular formula is C20H28N2O3. The minimum atomic E-state index is 0.209. The molecule has 2 aliphatic heterocycles. The summed E-state index contributed by atoms with van der Waals surface area (Å²) in [6.45, 7) is 3.16. The molecule has 2 saturated heterocycles. The monoisotopic (exact) mass is 344 g/mol. The van der Waals surface area contributed by atoms with Gasteiger partial charge < -0.3 is 14.2 Å². The van der Waals surface area contributed by atoms with Gasteiger partial charge in [-0.3, -0.25) is 4.90 Å². The standard InChI is InChI=1S/C20H28N2O3/c1-15-7-8-19(20(11-15)24-14-23-2)25-18-12-16-5-3-6-17(13-18)22(16)10-4-9-21/h7-8,11,16-18H,3-6,10,12-14H2,1-2H3/t16-,17+,18?. The van der Waals surface area contributed by atoms with E-state index in [2.05, 4.69) is 17.0 Å². The lowest BCUT2D eigenvalue weighted by atomic mass is 9.82. The van der Waals surface area contributed by atoms with Crippen molar-refractivity contribution in [3.8, 4) is 17.6 Å². The Morgan fingerprint density at radius 1 is 1.20 bits per heavy atom. The van der Waals surface area contributed by atoms with Crippen molar-refractivity contribution in [1.29, 1.82) is 5.26 Å². The van der Waals surface area contributed by atoms with Crippen LogP contribution in [0.25, 0.3) is 0 Å². The number of hydrogen-bond donors (Lipinski definition) is 0. The molecule has 5 heteroatoms. The Hall–Kier alpha value is -1.77. The van der Waals surface area contributed by atoms with Crippen LogP contribution >= 0.6 is 0 Å². The quantitative estimate of drug-likeness (QED) is 0.707. The molecule has 0 amide bonds. The van der Waals surface area contributed by atoms with Crippen LogP contribution in [0, 0.1) is 18.3 Å². The van der Waals surface area contributed by atoms with Crippen molar-refractivity contribution in [1.82, 2.24) is 4.90 Å². The third-order valence-electron chi connectivity index (χ3n) is 5.29. The number of aryl methyl sites for hydroxylation is 1. The smallest absolute Gasteiger partial charge is 0.188 e. The van der Waals surface area contributed by atoms with Crippen LogP contribution in [0.2, 0.25) is 0 Å². The highest BCUT2D eigenvalue weighted by molar-refractivity contribution is 5.42. The number of hydrogen-bond acceptors (Lipinski definition) is 5. The van der Waals surface area contributed by atoms with E-state index in [1.54, 1.807) is 7.11 Å². The topological polar surface area (TPSA) is 54.7 Å². The minimum absolute atomic E-state index is 0.209. The number of nitriles is 1. The summed E-state index contributed by atoms with van der Waals surface area (Å²) in [5.74, 6) is 1.55. The van der Waals surface area contributed by atoms with Crippen LogP contribution in [0.15, 0.2) is 18.2 Å². The van der Waals surface area contributed by atoms with Crippen LogP contribution in [-0.2, 0) is 4.74 Å². The van der Waals surface area contributed by atoms with Crippen LogP contribution in [0.4, 0.5) is 0 Å². The van der Waals surface area contributed by atoms with Crippen molar-refractivity contribution in [3.63, 3.8) is 0 Å². The van der Waals surface area contributed by atoms with Crippen LogP contribution in [0.3, 0.4) is 0 Å². The van der Waals surface area contributed by atoms with E-state index in [1.807, 2.05) is 19.1 Å². The first-order valence-electron chi connectivity index (χ1n) is 9.23. The van der Waals surface area contributed by atoms with E-state index < -0.39 is 0 Å². The largest absolute Gasteiger partial charge is 0.486 e. The molecule has 5 nitrogen and oxygen atoms in total. The molecule has 25 heavy (non-hydrogen) atoms. The molecule has 0 spiro atoms. The first-order chi connectivity index (χ1) is 12.2. The fraction of sp³-hybridized carbons (Fsp3) is 0.650. The van der Waals surface area contributed by atoms with Crippen molar-refractivity contribution < 1.29 is 14.2 Å². The van der Waals surface area contributed by atoms with E-state index in [9.17, 15) is 0 Å². The van der Waals surface area contributed by atoms with Gasteiger partial charge in [-0.2, -0.15) is 5.26 Å². The lowest BCUT2D eigenvalue weighted by molar-refractivity contribution is -0.0176. The number of rotatable bonds is 7. The zero-order valence-corrected chi connectivity index (χ0v) is 15.2. The number of piperidine rings is 2. The summed E-state index contributed by atoms with van der Waals surface area (Å²) in [6, 6.07) is 9.42. The van der Waals surface area contributed by atoms with Gasteiger partial charge in [-0.05, 0) is 50.3 Å². The first-order valence-corrected chi connectivity index (χ1v) is 9.23. The van der Waals surface area contributed by atoms with Crippen molar-refractivity contribution in [3.05, 3.63) is 23.8 Å². The Labute approximate surface area is 150 Å². The summed E-state index contributed by atoms with van der Waals surface area (Å²) >= 11 is 0. The normalized spacial score (nSPS) is 26.0. The highest BCUT2D eigenvalue weighted by Crippen LogP contribution is 2.37. The van der Waals surface area contributed by atoms with Gasteiger partial charge in [0.1, 0.15) is 6.10 Å². The fourth-order valence-corrected chi connectivity index (χ4v) is 4.20. The molecule has 1 aromatic rings. The Morgan fingerprint density at radius 3 is 2.64 bits per heavy atom. The van der Waals surface area contributed by atoms with E-state index in [0.29, 0.717) is 18.5 Å². The maximum absolute atomic E-state index is 8.91. The maximum Gasteiger partial charge on any atom is 0.188 e. The van der Waals surface area contributed by atoms with Crippen molar-refractivity contribution in [2.24, 2.45) is 0 Å². The number of fused-ring (bicyclic) bond motifs is 2. The van der Waals surface area contributed by atoms with E-state index in [0.717, 1.165) is 36.4 Å². The fourth-order valence-electron chi connectivity index (χ4n) is 4.20. The van der Waals surface area contributed by atoms with Crippen molar-refractivity contribution in [2.75, 3.05) is 20.4 Å². The van der Waals surface area contributed by atoms with Gasteiger partial charge in [-0.25, -0.2) is 0 Å². The van der Waals surface area contributed by atoms with Gasteiger partial charge in [0.25, 0.3) is 0 Å². The van der Waals surface area contributed by atoms with Crippen molar-refractivity contribution >= 4 is 0 Å². The Kier molecular flexibility index (Phi) is 6.17. The minimum Gasteiger partial charge on any atom is -0.486 e. The number of methoxy groups -OCH3 is 1. The molecule has 2 fully saturated rings. The van der Waals surface area contributed by atoms with Crippen LogP contribution in [0.5, 0.6) is 11.5 Å². The van der Waals surface area contributed by atoms with Gasteiger partial charge in [0, 0.05) is 32.2 Å². The Morgan fingerprint density at radius 2 is 1.96 bits per heavy atom. The van der Waals surface area contributed by atoms with Gasteiger partial charge in [-0.15, -0.1) is 0 Å². The summed E-state index contributed by atoms with van der Waals surface area (Å²) in [6.07, 6.45) is 6.59. The lowest BCUT2D eigenvalue weighted by Crippen LogP contribution is -2.54. The summed E-state index contributed by atoms with van der Waals surface area (Å²) in [5.41, 5.74) is 1.14. The third kappa shape index (κ3) is 4.45. The van der Waals surface area contributed by atoms with Gasteiger partial charge in [0.2, 0.25) is 0 Å². The predicted molar refractivity (Wildman–Crippen MR) is 95.7 cm³/mol. The number of nitrogens with zero attached hydrogens (tertiary/aromatic N) is 2. The average Bonchev–Trinajstić information content (AvgIpc) is 2.60. The van der Waals surface area contributed by atoms with Gasteiger partial charge in [0.15, 0.2) is 18.3 Å². The second kappa shape index (κ2) is 8.55. The molecule has 0 saturated carbocycles. The summed E-state index contributed by atoms with van der Waals surface area (Å²) in [5, 5.41) is 8.91. The number of ether oxygens (including phenoxy) is 3. The van der Waals surface area contributed by atoms with Gasteiger partial charge in [-0.1, -0.05) is 12.5 Å². The molecule has 0 aliphatic carbocycles. The van der Waals surface area contributed by atoms with Gasteiger partial charge >= 0.3 is 0 Å². The second-order valence-electron chi connectivity index (χ2n) is 7.10.